The summed E-state index contributed by atoms with van der Waals surface area (Å²) in [7, 11) is 0. The van der Waals surface area contributed by atoms with Gasteiger partial charge in [-0.1, -0.05) is 127 Å². The fraction of sp³-hybridized carbons (Fsp3) is 0.217. The lowest BCUT2D eigenvalue weighted by Gasteiger charge is -2.29. The molecule has 0 aliphatic rings. The van der Waals surface area contributed by atoms with Crippen LogP contribution in [0.15, 0.2) is 140 Å². The second-order valence-corrected chi connectivity index (χ2v) is 12.8. The molecule has 6 aromatic carbocycles. The van der Waals surface area contributed by atoms with Gasteiger partial charge in [0.2, 0.25) is 0 Å². The first-order valence-corrected chi connectivity index (χ1v) is 17.6. The van der Waals surface area contributed by atoms with E-state index in [0.29, 0.717) is 44.3 Å². The highest BCUT2D eigenvalue weighted by Crippen LogP contribution is 2.47. The van der Waals surface area contributed by atoms with Crippen LogP contribution in [-0.4, -0.2) is 11.7 Å². The van der Waals surface area contributed by atoms with Crippen LogP contribution in [0.3, 0.4) is 0 Å². The van der Waals surface area contributed by atoms with Gasteiger partial charge in [-0.3, -0.25) is 0 Å². The minimum absolute atomic E-state index is 0.0280. The standard InChI is InChI=1S/C46H46O5/c1-33-34(2)46(51-32-39-22-14-7-15-23-39)44(35(3)45(33)50-31-38-20-12-6-13-21-38)42(26-27-47)41-25-24-40(48-29-36-16-8-4-9-17-36)28-43(41)49-30-37-18-10-5-11-19-37/h4-25,28,42,47H,26-27,29-32H2,1-3H3. The highest BCUT2D eigenvalue weighted by molar-refractivity contribution is 5.62. The quantitative estimate of drug-likeness (QED) is 0.110. The van der Waals surface area contributed by atoms with Gasteiger partial charge in [-0.05, 0) is 72.2 Å². The van der Waals surface area contributed by atoms with E-state index >= 15 is 0 Å². The third kappa shape index (κ3) is 8.99. The predicted octanol–water partition coefficient (Wildman–Crippen LogP) is 10.4. The Bertz CT molecular complexity index is 1980. The molecule has 1 unspecified atom stereocenters. The summed E-state index contributed by atoms with van der Waals surface area (Å²) in [5.41, 5.74) is 9.25. The number of benzene rings is 6. The first kappa shape index (κ1) is 35.3. The molecular formula is C46H46O5. The Morgan fingerprint density at radius 1 is 0.471 bits per heavy atom. The van der Waals surface area contributed by atoms with E-state index in [1.54, 1.807) is 0 Å². The molecule has 1 N–H and O–H groups in total. The molecule has 0 saturated heterocycles. The summed E-state index contributed by atoms with van der Waals surface area (Å²) in [6.07, 6.45) is 0.453. The van der Waals surface area contributed by atoms with Crippen molar-refractivity contribution in [3.05, 3.63) is 190 Å². The van der Waals surface area contributed by atoms with Crippen molar-refractivity contribution in [1.29, 1.82) is 0 Å². The molecule has 0 spiro atoms. The van der Waals surface area contributed by atoms with Crippen LogP contribution >= 0.6 is 0 Å². The van der Waals surface area contributed by atoms with E-state index in [-0.39, 0.29) is 12.5 Å². The van der Waals surface area contributed by atoms with Gasteiger partial charge in [0.15, 0.2) is 0 Å². The van der Waals surface area contributed by atoms with Gasteiger partial charge in [0.25, 0.3) is 0 Å². The summed E-state index contributed by atoms with van der Waals surface area (Å²) < 4.78 is 26.3. The molecule has 6 rings (SSSR count). The Balaban J connectivity index is 1.44. The van der Waals surface area contributed by atoms with Gasteiger partial charge in [-0.2, -0.15) is 0 Å². The normalized spacial score (nSPS) is 11.5. The molecule has 0 amide bonds. The Labute approximate surface area is 302 Å². The van der Waals surface area contributed by atoms with E-state index in [4.69, 9.17) is 18.9 Å². The molecule has 0 saturated carbocycles. The SMILES string of the molecule is Cc1c(C)c(OCc2ccccc2)c(C(CCO)c2ccc(OCc3ccccc3)cc2OCc2ccccc2)c(C)c1OCc1ccccc1. The fourth-order valence-electron chi connectivity index (χ4n) is 6.48. The molecule has 0 aromatic heterocycles. The van der Waals surface area contributed by atoms with Crippen molar-refractivity contribution in [3.8, 4) is 23.0 Å². The van der Waals surface area contributed by atoms with Gasteiger partial charge in [-0.15, -0.1) is 0 Å². The zero-order chi connectivity index (χ0) is 35.4. The number of aliphatic hydroxyl groups is 1. The first-order valence-electron chi connectivity index (χ1n) is 17.6. The molecule has 0 aliphatic carbocycles. The van der Waals surface area contributed by atoms with Crippen LogP contribution in [0, 0.1) is 20.8 Å². The van der Waals surface area contributed by atoms with Gasteiger partial charge in [-0.25, -0.2) is 0 Å². The molecule has 6 aromatic rings. The highest BCUT2D eigenvalue weighted by Gasteiger charge is 2.29. The third-order valence-corrected chi connectivity index (χ3v) is 9.30. The van der Waals surface area contributed by atoms with Crippen LogP contribution in [0.1, 0.15) is 62.4 Å². The Kier molecular flexibility index (Phi) is 12.1. The second-order valence-electron chi connectivity index (χ2n) is 12.8. The third-order valence-electron chi connectivity index (χ3n) is 9.30. The average molecular weight is 679 g/mol. The van der Waals surface area contributed by atoms with E-state index in [9.17, 15) is 5.11 Å². The molecule has 1 atom stereocenters. The minimum Gasteiger partial charge on any atom is -0.489 e. The van der Waals surface area contributed by atoms with Crippen LogP contribution in [0.4, 0.5) is 0 Å². The summed E-state index contributed by atoms with van der Waals surface area (Å²) in [6, 6.07) is 46.7. The van der Waals surface area contributed by atoms with Gasteiger partial charge < -0.3 is 24.1 Å². The number of hydrogen-bond donors (Lipinski definition) is 1. The van der Waals surface area contributed by atoms with Gasteiger partial charge in [0.05, 0.1) is 0 Å². The molecule has 0 aliphatic heterocycles. The van der Waals surface area contributed by atoms with Crippen LogP contribution in [-0.2, 0) is 26.4 Å². The fourth-order valence-corrected chi connectivity index (χ4v) is 6.48. The van der Waals surface area contributed by atoms with Gasteiger partial charge in [0, 0.05) is 29.7 Å². The summed E-state index contributed by atoms with van der Waals surface area (Å²) >= 11 is 0. The van der Waals surface area contributed by atoms with Gasteiger partial charge >= 0.3 is 0 Å². The number of hydrogen-bond acceptors (Lipinski definition) is 5. The predicted molar refractivity (Wildman–Crippen MR) is 204 cm³/mol. The van der Waals surface area contributed by atoms with Crippen molar-refractivity contribution < 1.29 is 24.1 Å². The Hall–Kier alpha value is -5.52. The van der Waals surface area contributed by atoms with E-state index in [0.717, 1.165) is 61.6 Å². The lowest BCUT2D eigenvalue weighted by atomic mass is 9.82. The second kappa shape index (κ2) is 17.4. The maximum Gasteiger partial charge on any atom is 0.127 e. The van der Waals surface area contributed by atoms with Crippen molar-refractivity contribution >= 4 is 0 Å². The monoisotopic (exact) mass is 678 g/mol. The number of ether oxygens (including phenoxy) is 4. The van der Waals surface area contributed by atoms with E-state index in [1.807, 2.05) is 84.9 Å². The maximum atomic E-state index is 10.6. The molecule has 5 heteroatoms. The lowest BCUT2D eigenvalue weighted by molar-refractivity contribution is 0.266. The highest BCUT2D eigenvalue weighted by atomic mass is 16.5. The first-order chi connectivity index (χ1) is 25.0. The zero-order valence-corrected chi connectivity index (χ0v) is 29.7. The smallest absolute Gasteiger partial charge is 0.127 e. The molecule has 0 radical (unpaired) electrons. The summed E-state index contributed by atoms with van der Waals surface area (Å²) in [6.45, 7) is 7.93. The van der Waals surface area contributed by atoms with Crippen LogP contribution in [0.5, 0.6) is 23.0 Å². The zero-order valence-electron chi connectivity index (χ0n) is 29.7. The van der Waals surface area contributed by atoms with Gasteiger partial charge in [0.1, 0.15) is 49.4 Å². The van der Waals surface area contributed by atoms with Crippen LogP contribution in [0.25, 0.3) is 0 Å². The molecule has 51 heavy (non-hydrogen) atoms. The van der Waals surface area contributed by atoms with Crippen LogP contribution in [0.2, 0.25) is 0 Å². The maximum absolute atomic E-state index is 10.6. The summed E-state index contributed by atoms with van der Waals surface area (Å²) in [5.74, 6) is 2.76. The van der Waals surface area contributed by atoms with Crippen molar-refractivity contribution in [2.75, 3.05) is 6.61 Å². The molecule has 0 fully saturated rings. The van der Waals surface area contributed by atoms with Crippen molar-refractivity contribution in [2.45, 2.75) is 59.5 Å². The average Bonchev–Trinajstić information content (AvgIpc) is 3.18. The molecular weight excluding hydrogens is 633 g/mol. The Morgan fingerprint density at radius 3 is 1.39 bits per heavy atom. The van der Waals surface area contributed by atoms with E-state index in [2.05, 4.69) is 75.4 Å². The van der Waals surface area contributed by atoms with E-state index < -0.39 is 0 Å². The minimum atomic E-state index is -0.270. The molecule has 5 nitrogen and oxygen atoms in total. The van der Waals surface area contributed by atoms with Crippen LogP contribution < -0.4 is 18.9 Å². The number of rotatable bonds is 16. The summed E-state index contributed by atoms with van der Waals surface area (Å²) in [5, 5.41) is 10.6. The number of aliphatic hydroxyl groups excluding tert-OH is 1. The van der Waals surface area contributed by atoms with Crippen molar-refractivity contribution in [1.82, 2.24) is 0 Å². The Morgan fingerprint density at radius 2 is 0.902 bits per heavy atom. The molecule has 0 heterocycles. The summed E-state index contributed by atoms with van der Waals surface area (Å²) in [4.78, 5) is 0. The molecule has 0 bridgehead atoms. The molecule has 260 valence electrons. The van der Waals surface area contributed by atoms with E-state index in [1.165, 1.54) is 0 Å². The lowest BCUT2D eigenvalue weighted by Crippen LogP contribution is -2.14. The van der Waals surface area contributed by atoms with Crippen molar-refractivity contribution in [3.63, 3.8) is 0 Å². The topological polar surface area (TPSA) is 57.2 Å². The largest absolute Gasteiger partial charge is 0.489 e. The van der Waals surface area contributed by atoms with Crippen molar-refractivity contribution in [2.24, 2.45) is 0 Å².